The average molecular weight is 320 g/mol. The molecule has 3 saturated heterocycles. The SMILES string of the molecule is O=C(O[C@H]1CC[C@@]23CCCN2C(=O)CCC[C@H]3C1)N1CCCC1. The van der Waals surface area contributed by atoms with Crippen LogP contribution >= 0.6 is 0 Å². The highest BCUT2D eigenvalue weighted by Gasteiger charge is 2.53. The number of rotatable bonds is 1. The fourth-order valence-electron chi connectivity index (χ4n) is 5.47. The lowest BCUT2D eigenvalue weighted by Gasteiger charge is -2.48. The fraction of sp³-hybridized carbons (Fsp3) is 0.889. The molecule has 128 valence electrons. The number of ether oxygens (including phenoxy) is 1. The van der Waals surface area contributed by atoms with Gasteiger partial charge in [-0.25, -0.2) is 4.79 Å². The van der Waals surface area contributed by atoms with Gasteiger partial charge in [0.05, 0.1) is 0 Å². The van der Waals surface area contributed by atoms with Gasteiger partial charge in [-0.1, -0.05) is 0 Å². The van der Waals surface area contributed by atoms with Gasteiger partial charge in [0.2, 0.25) is 5.91 Å². The number of likely N-dealkylation sites (tertiary alicyclic amines) is 1. The molecule has 4 aliphatic rings. The van der Waals surface area contributed by atoms with Gasteiger partial charge in [0.15, 0.2) is 0 Å². The lowest BCUT2D eigenvalue weighted by molar-refractivity contribution is -0.138. The molecule has 2 amide bonds. The normalized spacial score (nSPS) is 37.3. The molecule has 1 aliphatic carbocycles. The first-order valence-corrected chi connectivity index (χ1v) is 9.45. The Hall–Kier alpha value is -1.26. The molecule has 5 heteroatoms. The third-order valence-electron chi connectivity index (χ3n) is 6.61. The first-order valence-electron chi connectivity index (χ1n) is 9.45. The first kappa shape index (κ1) is 15.3. The van der Waals surface area contributed by atoms with E-state index >= 15 is 0 Å². The van der Waals surface area contributed by atoms with E-state index in [1.54, 1.807) is 0 Å². The highest BCUT2D eigenvalue weighted by molar-refractivity contribution is 5.78. The van der Waals surface area contributed by atoms with Crippen LogP contribution in [0.1, 0.15) is 64.2 Å². The van der Waals surface area contributed by atoms with Crippen molar-refractivity contribution < 1.29 is 14.3 Å². The van der Waals surface area contributed by atoms with Gasteiger partial charge in [0, 0.05) is 31.6 Å². The number of hydrogen-bond donors (Lipinski definition) is 0. The lowest BCUT2D eigenvalue weighted by Crippen LogP contribution is -2.54. The van der Waals surface area contributed by atoms with Gasteiger partial charge >= 0.3 is 6.09 Å². The summed E-state index contributed by atoms with van der Waals surface area (Å²) in [6.45, 7) is 2.63. The summed E-state index contributed by atoms with van der Waals surface area (Å²) in [5.74, 6) is 0.874. The molecule has 3 atom stereocenters. The molecule has 1 saturated carbocycles. The molecule has 0 unspecified atom stereocenters. The molecular weight excluding hydrogens is 292 g/mol. The second kappa shape index (κ2) is 5.99. The van der Waals surface area contributed by atoms with E-state index in [0.29, 0.717) is 18.2 Å². The molecular formula is C18H28N2O3. The van der Waals surface area contributed by atoms with E-state index < -0.39 is 0 Å². The molecule has 23 heavy (non-hydrogen) atoms. The predicted molar refractivity (Wildman–Crippen MR) is 85.9 cm³/mol. The highest BCUT2D eigenvalue weighted by atomic mass is 16.6. The molecule has 0 radical (unpaired) electrons. The van der Waals surface area contributed by atoms with Gasteiger partial charge in [-0.3, -0.25) is 4.79 Å². The zero-order chi connectivity index (χ0) is 15.9. The van der Waals surface area contributed by atoms with Gasteiger partial charge in [0.1, 0.15) is 6.10 Å². The summed E-state index contributed by atoms with van der Waals surface area (Å²) < 4.78 is 5.82. The van der Waals surface area contributed by atoms with E-state index in [1.807, 2.05) is 4.90 Å². The van der Waals surface area contributed by atoms with Crippen LogP contribution in [0.15, 0.2) is 0 Å². The summed E-state index contributed by atoms with van der Waals surface area (Å²) in [4.78, 5) is 28.7. The molecule has 4 fully saturated rings. The monoisotopic (exact) mass is 320 g/mol. The van der Waals surface area contributed by atoms with Crippen LogP contribution in [0.25, 0.3) is 0 Å². The molecule has 0 bridgehead atoms. The molecule has 4 rings (SSSR count). The average Bonchev–Trinajstić information content (AvgIpc) is 3.19. The summed E-state index contributed by atoms with van der Waals surface area (Å²) in [5.41, 5.74) is 0.0874. The van der Waals surface area contributed by atoms with E-state index in [1.165, 1.54) is 0 Å². The Morgan fingerprint density at radius 1 is 1.04 bits per heavy atom. The predicted octanol–water partition coefficient (Wildman–Crippen LogP) is 2.93. The fourth-order valence-corrected chi connectivity index (χ4v) is 5.47. The Bertz CT molecular complexity index is 489. The Balaban J connectivity index is 1.44. The van der Waals surface area contributed by atoms with Crippen molar-refractivity contribution in [2.24, 2.45) is 5.92 Å². The summed E-state index contributed by atoms with van der Waals surface area (Å²) in [6.07, 6.45) is 10.1. The lowest BCUT2D eigenvalue weighted by atomic mass is 9.69. The van der Waals surface area contributed by atoms with Crippen molar-refractivity contribution in [2.45, 2.75) is 75.9 Å². The second-order valence-electron chi connectivity index (χ2n) is 7.82. The van der Waals surface area contributed by atoms with Crippen molar-refractivity contribution >= 4 is 12.0 Å². The maximum absolute atomic E-state index is 12.4. The largest absolute Gasteiger partial charge is 0.446 e. The zero-order valence-corrected chi connectivity index (χ0v) is 14.0. The van der Waals surface area contributed by atoms with Crippen LogP contribution in [-0.4, -0.2) is 53.1 Å². The van der Waals surface area contributed by atoms with Crippen LogP contribution in [0.3, 0.4) is 0 Å². The molecule has 0 aromatic rings. The standard InChI is InChI=1S/C18H28N2O3/c21-16-6-3-5-14-13-15(23-17(22)19-10-1-2-11-19)7-9-18(14)8-4-12-20(16)18/h14-15H,1-13H2/t14-,15-,18+/m0/s1. The first-order chi connectivity index (χ1) is 11.2. The number of hydrogen-bond acceptors (Lipinski definition) is 3. The van der Waals surface area contributed by atoms with Crippen molar-refractivity contribution in [3.05, 3.63) is 0 Å². The van der Waals surface area contributed by atoms with Crippen molar-refractivity contribution in [1.82, 2.24) is 9.80 Å². The Kier molecular flexibility index (Phi) is 3.98. The van der Waals surface area contributed by atoms with Crippen LogP contribution < -0.4 is 0 Å². The van der Waals surface area contributed by atoms with Crippen LogP contribution in [-0.2, 0) is 9.53 Å². The van der Waals surface area contributed by atoms with E-state index in [2.05, 4.69) is 4.90 Å². The van der Waals surface area contributed by atoms with E-state index in [-0.39, 0.29) is 17.7 Å². The Morgan fingerprint density at radius 2 is 1.87 bits per heavy atom. The third kappa shape index (κ3) is 2.62. The van der Waals surface area contributed by atoms with E-state index in [0.717, 1.165) is 77.4 Å². The topological polar surface area (TPSA) is 49.9 Å². The maximum atomic E-state index is 12.4. The number of amides is 2. The minimum atomic E-state index is -0.114. The third-order valence-corrected chi connectivity index (χ3v) is 6.61. The van der Waals surface area contributed by atoms with Gasteiger partial charge in [-0.15, -0.1) is 0 Å². The summed E-state index contributed by atoms with van der Waals surface area (Å²) in [6, 6.07) is 0. The van der Waals surface area contributed by atoms with E-state index in [4.69, 9.17) is 4.74 Å². The van der Waals surface area contributed by atoms with Crippen LogP contribution in [0, 0.1) is 5.92 Å². The number of carbonyl (C=O) groups is 2. The maximum Gasteiger partial charge on any atom is 0.410 e. The minimum Gasteiger partial charge on any atom is -0.446 e. The number of carbonyl (C=O) groups excluding carboxylic acids is 2. The Labute approximate surface area is 138 Å². The quantitative estimate of drug-likeness (QED) is 0.746. The molecule has 1 spiro atoms. The van der Waals surface area contributed by atoms with Crippen molar-refractivity contribution in [3.63, 3.8) is 0 Å². The zero-order valence-electron chi connectivity index (χ0n) is 14.0. The van der Waals surface area contributed by atoms with Crippen molar-refractivity contribution in [1.29, 1.82) is 0 Å². The summed E-state index contributed by atoms with van der Waals surface area (Å²) in [7, 11) is 0. The van der Waals surface area contributed by atoms with Gasteiger partial charge in [-0.2, -0.15) is 0 Å². The Morgan fingerprint density at radius 3 is 2.70 bits per heavy atom. The second-order valence-corrected chi connectivity index (χ2v) is 7.82. The van der Waals surface area contributed by atoms with Crippen molar-refractivity contribution in [3.8, 4) is 0 Å². The minimum absolute atomic E-state index is 0.0503. The highest BCUT2D eigenvalue weighted by Crippen LogP contribution is 2.49. The van der Waals surface area contributed by atoms with Gasteiger partial charge in [-0.05, 0) is 63.7 Å². The molecule has 0 aromatic heterocycles. The smallest absolute Gasteiger partial charge is 0.410 e. The summed E-state index contributed by atoms with van der Waals surface area (Å²) >= 11 is 0. The number of nitrogens with zero attached hydrogens (tertiary/aromatic N) is 2. The molecule has 5 nitrogen and oxygen atoms in total. The molecule has 3 aliphatic heterocycles. The summed E-state index contributed by atoms with van der Waals surface area (Å²) in [5, 5.41) is 0. The van der Waals surface area contributed by atoms with Crippen LogP contribution in [0.5, 0.6) is 0 Å². The van der Waals surface area contributed by atoms with Crippen LogP contribution in [0.2, 0.25) is 0 Å². The van der Waals surface area contributed by atoms with Gasteiger partial charge in [0.25, 0.3) is 0 Å². The van der Waals surface area contributed by atoms with Gasteiger partial charge < -0.3 is 14.5 Å². The molecule has 0 N–H and O–H groups in total. The van der Waals surface area contributed by atoms with E-state index in [9.17, 15) is 9.59 Å². The van der Waals surface area contributed by atoms with Crippen LogP contribution in [0.4, 0.5) is 4.79 Å². The van der Waals surface area contributed by atoms with Crippen molar-refractivity contribution in [2.75, 3.05) is 19.6 Å². The molecule has 3 heterocycles. The molecule has 0 aromatic carbocycles.